The third-order valence-corrected chi connectivity index (χ3v) is 4.81. The SMILES string of the molecule is O=C(c1ccc(Br)cc1)N1CCN(C(=O)c2ccccc2OC(F)F)CC1. The number of rotatable bonds is 4. The maximum absolute atomic E-state index is 12.7. The third kappa shape index (κ3) is 4.63. The largest absolute Gasteiger partial charge is 0.434 e. The third-order valence-electron chi connectivity index (χ3n) is 4.28. The van der Waals surface area contributed by atoms with E-state index in [1.165, 1.54) is 18.2 Å². The lowest BCUT2D eigenvalue weighted by Gasteiger charge is -2.35. The molecule has 8 heteroatoms. The van der Waals surface area contributed by atoms with Crippen molar-refractivity contribution >= 4 is 27.7 Å². The van der Waals surface area contributed by atoms with E-state index in [0.29, 0.717) is 31.7 Å². The predicted octanol–water partition coefficient (Wildman–Crippen LogP) is 3.65. The summed E-state index contributed by atoms with van der Waals surface area (Å²) in [5, 5.41) is 0. The van der Waals surface area contributed by atoms with Crippen molar-refractivity contribution < 1.29 is 23.1 Å². The van der Waals surface area contributed by atoms with Crippen molar-refractivity contribution in [2.75, 3.05) is 26.2 Å². The molecule has 2 aromatic carbocycles. The summed E-state index contributed by atoms with van der Waals surface area (Å²) in [5.41, 5.74) is 0.666. The van der Waals surface area contributed by atoms with E-state index in [9.17, 15) is 18.4 Å². The molecule has 2 amide bonds. The fraction of sp³-hybridized carbons (Fsp3) is 0.263. The molecule has 1 aliphatic rings. The van der Waals surface area contributed by atoms with Gasteiger partial charge in [-0.1, -0.05) is 28.1 Å². The van der Waals surface area contributed by atoms with Crippen LogP contribution in [-0.4, -0.2) is 54.4 Å². The van der Waals surface area contributed by atoms with Gasteiger partial charge in [-0.25, -0.2) is 0 Å². The number of benzene rings is 2. The van der Waals surface area contributed by atoms with Gasteiger partial charge in [0.05, 0.1) is 5.56 Å². The molecular weight excluding hydrogens is 422 g/mol. The second-order valence-corrected chi connectivity index (χ2v) is 6.88. The monoisotopic (exact) mass is 438 g/mol. The van der Waals surface area contributed by atoms with Crippen molar-refractivity contribution in [3.63, 3.8) is 0 Å². The molecule has 1 aliphatic heterocycles. The van der Waals surface area contributed by atoms with Crippen LogP contribution in [0.5, 0.6) is 5.75 Å². The Morgan fingerprint density at radius 2 is 1.44 bits per heavy atom. The molecule has 0 N–H and O–H groups in total. The number of para-hydroxylation sites is 1. The maximum Gasteiger partial charge on any atom is 0.387 e. The lowest BCUT2D eigenvalue weighted by atomic mass is 10.1. The quantitative estimate of drug-likeness (QED) is 0.731. The zero-order valence-corrected chi connectivity index (χ0v) is 15.9. The number of carbonyl (C=O) groups excluding carboxylic acids is 2. The fourth-order valence-corrected chi connectivity index (χ4v) is 3.16. The first kappa shape index (κ1) is 19.3. The Hall–Kier alpha value is -2.48. The van der Waals surface area contributed by atoms with Crippen LogP contribution in [0.15, 0.2) is 53.0 Å². The summed E-state index contributed by atoms with van der Waals surface area (Å²) in [7, 11) is 0. The van der Waals surface area contributed by atoms with E-state index in [4.69, 9.17) is 0 Å². The minimum absolute atomic E-state index is 0.0884. The van der Waals surface area contributed by atoms with Gasteiger partial charge in [0.15, 0.2) is 0 Å². The molecule has 0 aromatic heterocycles. The molecule has 27 heavy (non-hydrogen) atoms. The van der Waals surface area contributed by atoms with Gasteiger partial charge in [0, 0.05) is 36.2 Å². The average Bonchev–Trinajstić information content (AvgIpc) is 2.68. The van der Waals surface area contributed by atoms with Crippen LogP contribution in [0.25, 0.3) is 0 Å². The zero-order chi connectivity index (χ0) is 19.4. The average molecular weight is 439 g/mol. The lowest BCUT2D eigenvalue weighted by Crippen LogP contribution is -2.50. The first-order chi connectivity index (χ1) is 13.0. The zero-order valence-electron chi connectivity index (χ0n) is 14.3. The Balaban J connectivity index is 1.64. The van der Waals surface area contributed by atoms with Gasteiger partial charge < -0.3 is 14.5 Å². The molecule has 0 unspecified atom stereocenters. The summed E-state index contributed by atoms with van der Waals surface area (Å²) in [5.74, 6) is -0.635. The minimum Gasteiger partial charge on any atom is -0.434 e. The predicted molar refractivity (Wildman–Crippen MR) is 99.0 cm³/mol. The number of nitrogens with zero attached hydrogens (tertiary/aromatic N) is 2. The highest BCUT2D eigenvalue weighted by atomic mass is 79.9. The van der Waals surface area contributed by atoms with Crippen LogP contribution >= 0.6 is 15.9 Å². The molecule has 1 saturated heterocycles. The second kappa shape index (κ2) is 8.47. The van der Waals surface area contributed by atoms with E-state index in [1.54, 1.807) is 40.1 Å². The summed E-state index contributed by atoms with van der Waals surface area (Å²) in [6.07, 6.45) is 0. The van der Waals surface area contributed by atoms with Crippen LogP contribution in [0.4, 0.5) is 8.78 Å². The van der Waals surface area contributed by atoms with Crippen molar-refractivity contribution in [2.45, 2.75) is 6.61 Å². The number of hydrogen-bond donors (Lipinski definition) is 0. The summed E-state index contributed by atoms with van der Waals surface area (Å²) in [4.78, 5) is 28.4. The van der Waals surface area contributed by atoms with Gasteiger partial charge in [0.1, 0.15) is 5.75 Å². The summed E-state index contributed by atoms with van der Waals surface area (Å²) in [6.45, 7) is -1.61. The number of alkyl halides is 2. The van der Waals surface area contributed by atoms with Crippen molar-refractivity contribution in [2.24, 2.45) is 0 Å². The van der Waals surface area contributed by atoms with Crippen molar-refractivity contribution in [1.82, 2.24) is 9.80 Å². The Bertz CT molecular complexity index is 822. The van der Waals surface area contributed by atoms with Gasteiger partial charge in [-0.05, 0) is 36.4 Å². The number of hydrogen-bond acceptors (Lipinski definition) is 3. The normalized spacial score (nSPS) is 14.4. The van der Waals surface area contributed by atoms with Crippen LogP contribution in [0.1, 0.15) is 20.7 Å². The molecule has 2 aromatic rings. The van der Waals surface area contributed by atoms with Gasteiger partial charge in [-0.3, -0.25) is 9.59 Å². The minimum atomic E-state index is -3.00. The molecule has 0 radical (unpaired) electrons. The number of piperazine rings is 1. The van der Waals surface area contributed by atoms with E-state index in [0.717, 1.165) is 4.47 Å². The van der Waals surface area contributed by atoms with Crippen LogP contribution in [-0.2, 0) is 0 Å². The van der Waals surface area contributed by atoms with E-state index in [1.807, 2.05) is 0 Å². The Morgan fingerprint density at radius 1 is 0.889 bits per heavy atom. The van der Waals surface area contributed by atoms with Crippen molar-refractivity contribution in [1.29, 1.82) is 0 Å². The number of ether oxygens (including phenoxy) is 1. The molecule has 0 spiro atoms. The van der Waals surface area contributed by atoms with Gasteiger partial charge in [-0.2, -0.15) is 8.78 Å². The van der Waals surface area contributed by atoms with Crippen LogP contribution in [0.2, 0.25) is 0 Å². The first-order valence-corrected chi connectivity index (χ1v) is 9.13. The number of halogens is 3. The highest BCUT2D eigenvalue weighted by molar-refractivity contribution is 9.10. The van der Waals surface area contributed by atoms with E-state index >= 15 is 0 Å². The molecule has 5 nitrogen and oxygen atoms in total. The van der Waals surface area contributed by atoms with Crippen LogP contribution in [0, 0.1) is 0 Å². The summed E-state index contributed by atoms with van der Waals surface area (Å²) < 4.78 is 30.4. The van der Waals surface area contributed by atoms with Crippen molar-refractivity contribution in [3.05, 3.63) is 64.1 Å². The molecule has 0 saturated carbocycles. The van der Waals surface area contributed by atoms with Crippen molar-refractivity contribution in [3.8, 4) is 5.75 Å². The number of carbonyl (C=O) groups is 2. The van der Waals surface area contributed by atoms with E-state index in [-0.39, 0.29) is 23.1 Å². The maximum atomic E-state index is 12.7. The van der Waals surface area contributed by atoms with Gasteiger partial charge in [0.2, 0.25) is 0 Å². The first-order valence-electron chi connectivity index (χ1n) is 8.33. The molecule has 0 aliphatic carbocycles. The molecular formula is C19H17BrF2N2O3. The molecule has 1 fully saturated rings. The summed E-state index contributed by atoms with van der Waals surface area (Å²) in [6, 6.07) is 13.0. The highest BCUT2D eigenvalue weighted by Crippen LogP contribution is 2.23. The topological polar surface area (TPSA) is 49.9 Å². The molecule has 0 atom stereocenters. The Kier molecular flexibility index (Phi) is 6.05. The highest BCUT2D eigenvalue weighted by Gasteiger charge is 2.27. The molecule has 3 rings (SSSR count). The second-order valence-electron chi connectivity index (χ2n) is 5.97. The molecule has 0 bridgehead atoms. The van der Waals surface area contributed by atoms with E-state index in [2.05, 4.69) is 20.7 Å². The summed E-state index contributed by atoms with van der Waals surface area (Å²) >= 11 is 3.33. The van der Waals surface area contributed by atoms with Gasteiger partial charge in [0.25, 0.3) is 11.8 Å². The molecule has 1 heterocycles. The smallest absolute Gasteiger partial charge is 0.387 e. The number of amides is 2. The van der Waals surface area contributed by atoms with Crippen LogP contribution < -0.4 is 4.74 Å². The van der Waals surface area contributed by atoms with Crippen LogP contribution in [0.3, 0.4) is 0 Å². The standard InChI is InChI=1S/C19H17BrF2N2O3/c20-14-7-5-13(6-8-14)17(25)23-9-11-24(12-10-23)18(26)15-3-1-2-4-16(15)27-19(21)22/h1-8,19H,9-12H2. The lowest BCUT2D eigenvalue weighted by molar-refractivity contribution is -0.0503. The van der Waals surface area contributed by atoms with Gasteiger partial charge >= 0.3 is 6.61 Å². The Morgan fingerprint density at radius 3 is 2.04 bits per heavy atom. The Labute approximate surface area is 163 Å². The van der Waals surface area contributed by atoms with E-state index < -0.39 is 6.61 Å². The molecule has 142 valence electrons. The van der Waals surface area contributed by atoms with Gasteiger partial charge in [-0.15, -0.1) is 0 Å². The fourth-order valence-electron chi connectivity index (χ4n) is 2.90.